The van der Waals surface area contributed by atoms with Crippen LogP contribution in [0.4, 0.5) is 0 Å². The Morgan fingerprint density at radius 1 is 1.08 bits per heavy atom. The van der Waals surface area contributed by atoms with Gasteiger partial charge in [0.1, 0.15) is 24.7 Å². The van der Waals surface area contributed by atoms with E-state index < -0.39 is 0 Å². The summed E-state index contributed by atoms with van der Waals surface area (Å²) in [4.78, 5) is 14.8. The molecule has 1 aliphatic rings. The number of amides is 1. The highest BCUT2D eigenvalue weighted by Crippen LogP contribution is 2.24. The average molecular weight is 354 g/mol. The van der Waals surface area contributed by atoms with Crippen molar-refractivity contribution in [3.8, 4) is 11.5 Å². The third-order valence-corrected chi connectivity index (χ3v) is 4.54. The molecule has 0 unspecified atom stereocenters. The van der Waals surface area contributed by atoms with Gasteiger partial charge in [-0.05, 0) is 50.2 Å². The second-order valence-electron chi connectivity index (χ2n) is 6.47. The molecule has 1 amide bonds. The summed E-state index contributed by atoms with van der Waals surface area (Å²) in [5.74, 6) is 2.00. The molecule has 1 saturated heterocycles. The minimum absolute atomic E-state index is 0.0446. The first-order valence-electron chi connectivity index (χ1n) is 9.11. The van der Waals surface area contributed by atoms with Crippen LogP contribution in [0.3, 0.4) is 0 Å². The summed E-state index contributed by atoms with van der Waals surface area (Å²) in [5, 5.41) is 3.19. The molecule has 1 fully saturated rings. The van der Waals surface area contributed by atoms with Crippen molar-refractivity contribution in [1.29, 1.82) is 0 Å². The summed E-state index contributed by atoms with van der Waals surface area (Å²) in [6.45, 7) is 3.36. The molecular formula is C21H26N2O3. The van der Waals surface area contributed by atoms with Crippen molar-refractivity contribution in [3.05, 3.63) is 60.2 Å². The first kappa shape index (κ1) is 18.3. The van der Waals surface area contributed by atoms with Gasteiger partial charge in [0, 0.05) is 13.1 Å². The molecular weight excluding hydrogens is 328 g/mol. The summed E-state index contributed by atoms with van der Waals surface area (Å²) >= 11 is 0. The zero-order chi connectivity index (χ0) is 18.2. The van der Waals surface area contributed by atoms with Gasteiger partial charge in [-0.1, -0.05) is 30.3 Å². The van der Waals surface area contributed by atoms with Gasteiger partial charge in [0.15, 0.2) is 0 Å². The molecule has 1 aliphatic heterocycles. The predicted molar refractivity (Wildman–Crippen MR) is 102 cm³/mol. The highest BCUT2D eigenvalue weighted by Gasteiger charge is 2.27. The standard InChI is InChI=1S/C21H26N2O3/c1-22-15-17-11-12-23(16-17)21(24)19-9-5-6-10-20(19)26-14-13-25-18-7-3-2-4-8-18/h2-10,17,22H,11-16H2,1H3/t17-/m1/s1. The number of likely N-dealkylation sites (tertiary alicyclic amines) is 1. The quantitative estimate of drug-likeness (QED) is 0.741. The predicted octanol–water partition coefficient (Wildman–Crippen LogP) is 2.83. The van der Waals surface area contributed by atoms with Gasteiger partial charge in [-0.3, -0.25) is 4.79 Å². The molecule has 2 aromatic carbocycles. The largest absolute Gasteiger partial charge is 0.490 e. The summed E-state index contributed by atoms with van der Waals surface area (Å²) in [7, 11) is 1.95. The number of hydrogen-bond acceptors (Lipinski definition) is 4. The lowest BCUT2D eigenvalue weighted by Gasteiger charge is -2.19. The maximum Gasteiger partial charge on any atom is 0.257 e. The second kappa shape index (κ2) is 9.25. The van der Waals surface area contributed by atoms with Crippen LogP contribution < -0.4 is 14.8 Å². The van der Waals surface area contributed by atoms with Crippen LogP contribution in [-0.4, -0.2) is 50.7 Å². The lowest BCUT2D eigenvalue weighted by atomic mass is 10.1. The van der Waals surface area contributed by atoms with Crippen LogP contribution in [0, 0.1) is 5.92 Å². The molecule has 26 heavy (non-hydrogen) atoms. The Kier molecular flexibility index (Phi) is 6.50. The number of carbonyl (C=O) groups excluding carboxylic acids is 1. The number of benzene rings is 2. The number of ether oxygens (including phenoxy) is 2. The smallest absolute Gasteiger partial charge is 0.257 e. The van der Waals surface area contributed by atoms with E-state index in [0.29, 0.717) is 30.4 Å². The first-order valence-corrected chi connectivity index (χ1v) is 9.11. The van der Waals surface area contributed by atoms with Gasteiger partial charge in [0.25, 0.3) is 5.91 Å². The van der Waals surface area contributed by atoms with Crippen molar-refractivity contribution < 1.29 is 14.3 Å². The summed E-state index contributed by atoms with van der Waals surface area (Å²) in [6.07, 6.45) is 1.04. The molecule has 1 N–H and O–H groups in total. The Hall–Kier alpha value is -2.53. The Labute approximate surface area is 154 Å². The van der Waals surface area contributed by atoms with Crippen LogP contribution in [-0.2, 0) is 0 Å². The zero-order valence-electron chi connectivity index (χ0n) is 15.2. The van der Waals surface area contributed by atoms with Gasteiger partial charge in [0.05, 0.1) is 5.56 Å². The van der Waals surface area contributed by atoms with Crippen LogP contribution in [0.25, 0.3) is 0 Å². The van der Waals surface area contributed by atoms with E-state index in [1.165, 1.54) is 0 Å². The van der Waals surface area contributed by atoms with E-state index in [2.05, 4.69) is 5.32 Å². The summed E-state index contributed by atoms with van der Waals surface area (Å²) < 4.78 is 11.5. The van der Waals surface area contributed by atoms with E-state index in [-0.39, 0.29) is 5.91 Å². The highest BCUT2D eigenvalue weighted by molar-refractivity contribution is 5.97. The van der Waals surface area contributed by atoms with Crippen molar-refractivity contribution in [2.45, 2.75) is 6.42 Å². The Morgan fingerprint density at radius 3 is 2.62 bits per heavy atom. The number of nitrogens with one attached hydrogen (secondary N) is 1. The van der Waals surface area contributed by atoms with E-state index in [0.717, 1.165) is 31.8 Å². The lowest BCUT2D eigenvalue weighted by Crippen LogP contribution is -2.30. The molecule has 0 saturated carbocycles. The molecule has 138 valence electrons. The van der Waals surface area contributed by atoms with Crippen molar-refractivity contribution >= 4 is 5.91 Å². The minimum atomic E-state index is 0.0446. The molecule has 5 nitrogen and oxygen atoms in total. The van der Waals surface area contributed by atoms with Crippen LogP contribution in [0.1, 0.15) is 16.8 Å². The Morgan fingerprint density at radius 2 is 1.81 bits per heavy atom. The van der Waals surface area contributed by atoms with E-state index in [9.17, 15) is 4.79 Å². The number of nitrogens with zero attached hydrogens (tertiary/aromatic N) is 1. The van der Waals surface area contributed by atoms with Crippen molar-refractivity contribution in [1.82, 2.24) is 10.2 Å². The van der Waals surface area contributed by atoms with Crippen molar-refractivity contribution in [2.24, 2.45) is 5.92 Å². The van der Waals surface area contributed by atoms with Gasteiger partial charge in [-0.25, -0.2) is 0 Å². The van der Waals surface area contributed by atoms with Crippen LogP contribution in [0.2, 0.25) is 0 Å². The van der Waals surface area contributed by atoms with Crippen LogP contribution in [0.5, 0.6) is 11.5 Å². The maximum absolute atomic E-state index is 12.9. The normalized spacial score (nSPS) is 16.5. The third kappa shape index (κ3) is 4.76. The molecule has 0 aromatic heterocycles. The molecule has 5 heteroatoms. The van der Waals surface area contributed by atoms with Crippen LogP contribution in [0.15, 0.2) is 54.6 Å². The van der Waals surface area contributed by atoms with E-state index in [4.69, 9.17) is 9.47 Å². The number of rotatable bonds is 8. The highest BCUT2D eigenvalue weighted by atomic mass is 16.5. The maximum atomic E-state index is 12.9. The van der Waals surface area contributed by atoms with Crippen LogP contribution >= 0.6 is 0 Å². The third-order valence-electron chi connectivity index (χ3n) is 4.54. The summed E-state index contributed by atoms with van der Waals surface area (Å²) in [6, 6.07) is 17.1. The molecule has 0 bridgehead atoms. The molecule has 0 radical (unpaired) electrons. The first-order chi connectivity index (χ1) is 12.8. The number of para-hydroxylation sites is 2. The fourth-order valence-corrected chi connectivity index (χ4v) is 3.24. The average Bonchev–Trinajstić information content (AvgIpc) is 3.15. The number of hydrogen-bond donors (Lipinski definition) is 1. The van der Waals surface area contributed by atoms with Gasteiger partial charge in [-0.2, -0.15) is 0 Å². The zero-order valence-corrected chi connectivity index (χ0v) is 15.2. The lowest BCUT2D eigenvalue weighted by molar-refractivity contribution is 0.0781. The van der Waals surface area contributed by atoms with E-state index in [1.54, 1.807) is 0 Å². The van der Waals surface area contributed by atoms with Crippen molar-refractivity contribution in [2.75, 3.05) is 39.9 Å². The molecule has 0 aliphatic carbocycles. The van der Waals surface area contributed by atoms with Gasteiger partial charge in [-0.15, -0.1) is 0 Å². The monoisotopic (exact) mass is 354 g/mol. The number of carbonyl (C=O) groups is 1. The Balaban J connectivity index is 1.55. The fourth-order valence-electron chi connectivity index (χ4n) is 3.24. The van der Waals surface area contributed by atoms with Gasteiger partial charge < -0.3 is 19.7 Å². The molecule has 1 heterocycles. The van der Waals surface area contributed by atoms with Crippen molar-refractivity contribution in [3.63, 3.8) is 0 Å². The topological polar surface area (TPSA) is 50.8 Å². The molecule has 2 aromatic rings. The van der Waals surface area contributed by atoms with E-state index in [1.807, 2.05) is 66.5 Å². The van der Waals surface area contributed by atoms with E-state index >= 15 is 0 Å². The van der Waals surface area contributed by atoms with Gasteiger partial charge >= 0.3 is 0 Å². The Bertz CT molecular complexity index is 705. The molecule has 0 spiro atoms. The molecule has 3 rings (SSSR count). The molecule has 1 atom stereocenters. The fraction of sp³-hybridized carbons (Fsp3) is 0.381. The second-order valence-corrected chi connectivity index (χ2v) is 6.47. The minimum Gasteiger partial charge on any atom is -0.490 e. The summed E-state index contributed by atoms with van der Waals surface area (Å²) in [5.41, 5.74) is 0.623. The van der Waals surface area contributed by atoms with Gasteiger partial charge in [0.2, 0.25) is 0 Å². The SMILES string of the molecule is CNC[C@H]1CCN(C(=O)c2ccccc2OCCOc2ccccc2)C1.